The van der Waals surface area contributed by atoms with E-state index in [1.807, 2.05) is 6.07 Å². The minimum Gasteiger partial charge on any atom is -0.493 e. The molecule has 1 amide bonds. The molecule has 0 saturated carbocycles. The van der Waals surface area contributed by atoms with Gasteiger partial charge >= 0.3 is 6.61 Å². The highest BCUT2D eigenvalue weighted by Crippen LogP contribution is 2.29. The molecule has 6 nitrogen and oxygen atoms in total. The predicted molar refractivity (Wildman–Crippen MR) is 105 cm³/mol. The van der Waals surface area contributed by atoms with Crippen molar-refractivity contribution in [2.45, 2.75) is 13.0 Å². The highest BCUT2D eigenvalue weighted by atomic mass is 35.5. The van der Waals surface area contributed by atoms with Crippen LogP contribution in [0.15, 0.2) is 48.5 Å². The summed E-state index contributed by atoms with van der Waals surface area (Å²) >= 11 is 5.97. The van der Waals surface area contributed by atoms with Crippen LogP contribution < -0.4 is 14.8 Å². The van der Waals surface area contributed by atoms with Crippen LogP contribution in [0.5, 0.6) is 11.5 Å². The molecule has 0 radical (unpaired) electrons. The van der Waals surface area contributed by atoms with Gasteiger partial charge in [0.25, 0.3) is 5.91 Å². The molecular formula is C20H18ClF2N3O3. The number of nitrogens with zero attached hydrogens (tertiary/aromatic N) is 1. The number of benzene rings is 2. The van der Waals surface area contributed by atoms with Gasteiger partial charge in [0, 0.05) is 17.1 Å². The normalized spacial score (nSPS) is 10.8. The molecule has 0 atom stereocenters. The van der Waals surface area contributed by atoms with Gasteiger partial charge < -0.3 is 14.8 Å². The molecule has 3 rings (SSSR count). The van der Waals surface area contributed by atoms with Crippen molar-refractivity contribution in [3.63, 3.8) is 0 Å². The third-order valence-corrected chi connectivity index (χ3v) is 4.32. The zero-order chi connectivity index (χ0) is 20.8. The SMILES string of the molecule is COc1ccc(CCNC(=O)c2cc(-c3cccc(Cl)c3)n[nH]2)cc1OC(F)F. The van der Waals surface area contributed by atoms with Gasteiger partial charge in [0.1, 0.15) is 5.69 Å². The Morgan fingerprint density at radius 1 is 1.21 bits per heavy atom. The molecule has 0 spiro atoms. The molecule has 2 aromatic carbocycles. The third-order valence-electron chi connectivity index (χ3n) is 4.09. The summed E-state index contributed by atoms with van der Waals surface area (Å²) in [6, 6.07) is 13.5. The van der Waals surface area contributed by atoms with Gasteiger partial charge in [0.2, 0.25) is 0 Å². The number of methoxy groups -OCH3 is 1. The second-order valence-electron chi connectivity index (χ2n) is 6.05. The number of hydrogen-bond acceptors (Lipinski definition) is 4. The lowest BCUT2D eigenvalue weighted by Gasteiger charge is -2.11. The van der Waals surface area contributed by atoms with Gasteiger partial charge in [-0.15, -0.1) is 0 Å². The summed E-state index contributed by atoms with van der Waals surface area (Å²) in [5, 5.41) is 10.2. The Kier molecular flexibility index (Phi) is 6.66. The van der Waals surface area contributed by atoms with E-state index in [0.29, 0.717) is 34.9 Å². The van der Waals surface area contributed by atoms with E-state index in [1.54, 1.807) is 36.4 Å². The quantitative estimate of drug-likeness (QED) is 0.568. The highest BCUT2D eigenvalue weighted by molar-refractivity contribution is 6.30. The van der Waals surface area contributed by atoms with Crippen LogP contribution in [0.4, 0.5) is 8.78 Å². The van der Waals surface area contributed by atoms with E-state index in [0.717, 1.165) is 5.56 Å². The van der Waals surface area contributed by atoms with Gasteiger partial charge in [-0.05, 0) is 42.3 Å². The van der Waals surface area contributed by atoms with E-state index in [1.165, 1.54) is 13.2 Å². The Morgan fingerprint density at radius 3 is 2.76 bits per heavy atom. The number of aromatic nitrogens is 2. The summed E-state index contributed by atoms with van der Waals surface area (Å²) < 4.78 is 34.5. The Balaban J connectivity index is 1.59. The molecule has 0 aliphatic rings. The number of amides is 1. The van der Waals surface area contributed by atoms with Crippen LogP contribution in [0.25, 0.3) is 11.3 Å². The van der Waals surface area contributed by atoms with Crippen molar-refractivity contribution >= 4 is 17.5 Å². The molecule has 29 heavy (non-hydrogen) atoms. The predicted octanol–water partition coefficient (Wildman–Crippen LogP) is 4.31. The molecule has 3 aromatic rings. The fraction of sp³-hybridized carbons (Fsp3) is 0.200. The molecule has 0 bridgehead atoms. The maximum atomic E-state index is 12.5. The molecule has 0 aliphatic carbocycles. The van der Waals surface area contributed by atoms with E-state index >= 15 is 0 Å². The average Bonchev–Trinajstić information content (AvgIpc) is 3.18. The maximum Gasteiger partial charge on any atom is 0.387 e. The van der Waals surface area contributed by atoms with Crippen molar-refractivity contribution in [2.24, 2.45) is 0 Å². The lowest BCUT2D eigenvalue weighted by Crippen LogP contribution is -2.26. The molecule has 152 valence electrons. The molecule has 2 N–H and O–H groups in total. The first-order valence-electron chi connectivity index (χ1n) is 8.67. The molecule has 0 saturated heterocycles. The molecule has 0 unspecified atom stereocenters. The largest absolute Gasteiger partial charge is 0.493 e. The van der Waals surface area contributed by atoms with E-state index in [2.05, 4.69) is 20.3 Å². The highest BCUT2D eigenvalue weighted by Gasteiger charge is 2.13. The second kappa shape index (κ2) is 9.38. The van der Waals surface area contributed by atoms with Gasteiger partial charge in [0.05, 0.1) is 12.8 Å². The summed E-state index contributed by atoms with van der Waals surface area (Å²) in [7, 11) is 1.37. The number of alkyl halides is 2. The fourth-order valence-corrected chi connectivity index (χ4v) is 2.90. The van der Waals surface area contributed by atoms with Crippen LogP contribution >= 0.6 is 11.6 Å². The number of ether oxygens (including phenoxy) is 2. The number of H-pyrrole nitrogens is 1. The molecule has 0 fully saturated rings. The summed E-state index contributed by atoms with van der Waals surface area (Å²) in [5.41, 5.74) is 2.40. The van der Waals surface area contributed by atoms with Crippen LogP contribution in [0, 0.1) is 0 Å². The number of rotatable bonds is 8. The van der Waals surface area contributed by atoms with E-state index in [9.17, 15) is 13.6 Å². The first-order valence-corrected chi connectivity index (χ1v) is 9.05. The standard InChI is InChI=1S/C20H18ClF2N3O3/c1-28-17-6-5-12(9-18(17)29-20(22)23)7-8-24-19(27)16-11-15(25-26-16)13-3-2-4-14(21)10-13/h2-6,9-11,20H,7-8H2,1H3,(H,24,27)(H,25,26). The van der Waals surface area contributed by atoms with Crippen molar-refractivity contribution < 1.29 is 23.0 Å². The Hall–Kier alpha value is -3.13. The lowest BCUT2D eigenvalue weighted by atomic mass is 10.1. The van der Waals surface area contributed by atoms with Crippen LogP contribution in [0.1, 0.15) is 16.1 Å². The first-order chi connectivity index (χ1) is 14.0. The van der Waals surface area contributed by atoms with E-state index in [4.69, 9.17) is 16.3 Å². The topological polar surface area (TPSA) is 76.2 Å². The number of aromatic amines is 1. The summed E-state index contributed by atoms with van der Waals surface area (Å²) in [6.07, 6.45) is 0.421. The monoisotopic (exact) mass is 421 g/mol. The van der Waals surface area contributed by atoms with Gasteiger partial charge in [-0.2, -0.15) is 13.9 Å². The fourth-order valence-electron chi connectivity index (χ4n) is 2.71. The number of halogens is 3. The first kappa shape index (κ1) is 20.6. The van der Waals surface area contributed by atoms with Crippen LogP contribution in [0.2, 0.25) is 5.02 Å². The van der Waals surface area contributed by atoms with E-state index < -0.39 is 6.61 Å². The summed E-state index contributed by atoms with van der Waals surface area (Å²) in [5.74, 6) is -0.168. The van der Waals surface area contributed by atoms with Crippen LogP contribution in [0.3, 0.4) is 0 Å². The van der Waals surface area contributed by atoms with Gasteiger partial charge in [-0.3, -0.25) is 9.89 Å². The average molecular weight is 422 g/mol. The van der Waals surface area contributed by atoms with Crippen LogP contribution in [-0.4, -0.2) is 36.4 Å². The molecule has 9 heteroatoms. The zero-order valence-electron chi connectivity index (χ0n) is 15.4. The Labute approximate surface area is 170 Å². The van der Waals surface area contributed by atoms with E-state index in [-0.39, 0.29) is 17.4 Å². The minimum absolute atomic E-state index is 0.0499. The Morgan fingerprint density at radius 2 is 2.03 bits per heavy atom. The van der Waals surface area contributed by atoms with Gasteiger partial charge in [0.15, 0.2) is 11.5 Å². The van der Waals surface area contributed by atoms with Gasteiger partial charge in [-0.1, -0.05) is 29.8 Å². The minimum atomic E-state index is -2.95. The van der Waals surface area contributed by atoms with Crippen molar-refractivity contribution in [2.75, 3.05) is 13.7 Å². The molecule has 1 aromatic heterocycles. The van der Waals surface area contributed by atoms with Crippen LogP contribution in [-0.2, 0) is 6.42 Å². The number of carbonyl (C=O) groups excluding carboxylic acids is 1. The number of nitrogens with one attached hydrogen (secondary N) is 2. The van der Waals surface area contributed by atoms with Gasteiger partial charge in [-0.25, -0.2) is 0 Å². The maximum absolute atomic E-state index is 12.5. The summed E-state index contributed by atoms with van der Waals surface area (Å²) in [4.78, 5) is 12.3. The Bertz CT molecular complexity index is 995. The van der Waals surface area contributed by atoms with Crippen molar-refractivity contribution in [3.8, 4) is 22.8 Å². The smallest absolute Gasteiger partial charge is 0.387 e. The summed E-state index contributed by atoms with van der Waals surface area (Å²) in [6.45, 7) is -2.65. The van der Waals surface area contributed by atoms with Crippen molar-refractivity contribution in [1.29, 1.82) is 0 Å². The van der Waals surface area contributed by atoms with Crippen molar-refractivity contribution in [1.82, 2.24) is 15.5 Å². The number of carbonyl (C=O) groups is 1. The third kappa shape index (κ3) is 5.45. The molecule has 0 aliphatic heterocycles. The lowest BCUT2D eigenvalue weighted by molar-refractivity contribution is -0.0512. The number of hydrogen-bond donors (Lipinski definition) is 2. The zero-order valence-corrected chi connectivity index (χ0v) is 16.2. The van der Waals surface area contributed by atoms with Crippen molar-refractivity contribution in [3.05, 3.63) is 64.8 Å². The second-order valence-corrected chi connectivity index (χ2v) is 6.48. The molecular weight excluding hydrogens is 404 g/mol. The molecule has 1 heterocycles.